The monoisotopic (exact) mass is 285 g/mol. The Kier molecular flexibility index (Phi) is 5.49. The van der Waals surface area contributed by atoms with Gasteiger partial charge >= 0.3 is 0 Å². The zero-order valence-corrected chi connectivity index (χ0v) is 9.94. The van der Waals surface area contributed by atoms with Gasteiger partial charge in [-0.15, -0.1) is 0 Å². The van der Waals surface area contributed by atoms with E-state index in [9.17, 15) is 22.0 Å². The molecule has 1 rings (SSSR count). The second-order valence-corrected chi connectivity index (χ2v) is 3.70. The van der Waals surface area contributed by atoms with Crippen LogP contribution in [0, 0.1) is 29.1 Å². The predicted octanol–water partition coefficient (Wildman–Crippen LogP) is 1.73. The molecule has 0 bridgehead atoms. The maximum atomic E-state index is 13.2. The topological polar surface area (TPSA) is 41.5 Å². The lowest BCUT2D eigenvalue weighted by atomic mass is 10.2. The summed E-state index contributed by atoms with van der Waals surface area (Å²) >= 11 is 0. The molecule has 1 aromatic carbocycles. The molecule has 1 unspecified atom stereocenters. The first-order valence-electron chi connectivity index (χ1n) is 5.36. The average Bonchev–Trinajstić information content (AvgIpc) is 2.42. The molecule has 1 aromatic rings. The quantitative estimate of drug-likeness (QED) is 0.475. The molecule has 0 fully saturated rings. The van der Waals surface area contributed by atoms with Crippen LogP contribution < -0.4 is 10.1 Å². The number of hydrogen-bond donors (Lipinski definition) is 2. The molecule has 0 spiro atoms. The smallest absolute Gasteiger partial charge is 0.206 e. The van der Waals surface area contributed by atoms with Crippen LogP contribution in [0.1, 0.15) is 6.42 Å². The molecule has 0 saturated heterocycles. The first-order valence-corrected chi connectivity index (χ1v) is 5.36. The molecule has 0 aromatic heterocycles. The van der Waals surface area contributed by atoms with Gasteiger partial charge in [-0.3, -0.25) is 0 Å². The molecule has 0 heterocycles. The minimum Gasteiger partial charge on any atom is -0.487 e. The van der Waals surface area contributed by atoms with E-state index in [1.165, 1.54) is 0 Å². The highest BCUT2D eigenvalue weighted by atomic mass is 19.2. The van der Waals surface area contributed by atoms with Crippen LogP contribution in [-0.4, -0.2) is 31.4 Å². The summed E-state index contributed by atoms with van der Waals surface area (Å²) < 4.78 is 69.3. The van der Waals surface area contributed by atoms with Crippen LogP contribution in [0.2, 0.25) is 0 Å². The fraction of sp³-hybridized carbons (Fsp3) is 0.455. The number of ether oxygens (including phenoxy) is 1. The number of aliphatic hydroxyl groups excluding tert-OH is 1. The first kappa shape index (κ1) is 15.6. The molecule has 0 radical (unpaired) electrons. The van der Waals surface area contributed by atoms with Gasteiger partial charge in [0.2, 0.25) is 29.1 Å². The minimum absolute atomic E-state index is 0.131. The van der Waals surface area contributed by atoms with Gasteiger partial charge in [0.15, 0.2) is 5.75 Å². The van der Waals surface area contributed by atoms with E-state index in [0.717, 1.165) is 0 Å². The van der Waals surface area contributed by atoms with E-state index in [1.807, 2.05) is 0 Å². The lowest BCUT2D eigenvalue weighted by Crippen LogP contribution is -2.30. The normalized spacial score (nSPS) is 12.6. The van der Waals surface area contributed by atoms with Gasteiger partial charge in [0, 0.05) is 6.04 Å². The average molecular weight is 285 g/mol. The summed E-state index contributed by atoms with van der Waals surface area (Å²) in [5.74, 6) is -11.7. The Morgan fingerprint density at radius 1 is 1.00 bits per heavy atom. The van der Waals surface area contributed by atoms with Gasteiger partial charge < -0.3 is 15.2 Å². The van der Waals surface area contributed by atoms with Crippen LogP contribution in [0.25, 0.3) is 0 Å². The van der Waals surface area contributed by atoms with Gasteiger partial charge in [-0.05, 0) is 13.5 Å². The van der Waals surface area contributed by atoms with Crippen LogP contribution in [-0.2, 0) is 0 Å². The van der Waals surface area contributed by atoms with E-state index < -0.39 is 40.9 Å². The molecule has 1 atom stereocenters. The van der Waals surface area contributed by atoms with Gasteiger partial charge in [0.05, 0.1) is 13.2 Å². The van der Waals surface area contributed by atoms with Crippen LogP contribution in [0.5, 0.6) is 5.75 Å². The standard InChI is InChI=1S/C11H12F5NO2/c1-17-5(4-18)2-3-19-11-9(15)7(13)6(12)8(14)10(11)16/h5,17-18H,2-4H2,1H3. The van der Waals surface area contributed by atoms with Crippen LogP contribution in [0.15, 0.2) is 0 Å². The summed E-state index contributed by atoms with van der Waals surface area (Å²) in [6, 6.07) is -0.402. The van der Waals surface area contributed by atoms with E-state index in [-0.39, 0.29) is 19.6 Å². The molecule has 2 N–H and O–H groups in total. The fourth-order valence-corrected chi connectivity index (χ4v) is 1.34. The maximum Gasteiger partial charge on any atom is 0.206 e. The number of likely N-dealkylation sites (N-methyl/N-ethyl adjacent to an activating group) is 1. The molecular weight excluding hydrogens is 273 g/mol. The summed E-state index contributed by atoms with van der Waals surface area (Å²) in [4.78, 5) is 0. The van der Waals surface area contributed by atoms with E-state index in [1.54, 1.807) is 7.05 Å². The van der Waals surface area contributed by atoms with Crippen molar-refractivity contribution >= 4 is 0 Å². The minimum atomic E-state index is -2.23. The van der Waals surface area contributed by atoms with Gasteiger partial charge in [-0.25, -0.2) is 13.2 Å². The zero-order chi connectivity index (χ0) is 14.6. The highest BCUT2D eigenvalue weighted by Gasteiger charge is 2.27. The number of halogens is 5. The van der Waals surface area contributed by atoms with Crippen molar-refractivity contribution in [3.63, 3.8) is 0 Å². The predicted molar refractivity (Wildman–Crippen MR) is 56.3 cm³/mol. The Morgan fingerprint density at radius 2 is 1.47 bits per heavy atom. The maximum absolute atomic E-state index is 13.2. The molecular formula is C11H12F5NO2. The number of nitrogens with one attached hydrogen (secondary N) is 1. The van der Waals surface area contributed by atoms with Crippen molar-refractivity contribution in [2.75, 3.05) is 20.3 Å². The van der Waals surface area contributed by atoms with Crippen molar-refractivity contribution in [2.45, 2.75) is 12.5 Å². The Bertz CT molecular complexity index is 422. The SMILES string of the molecule is CNC(CO)CCOc1c(F)c(F)c(F)c(F)c1F. The van der Waals surface area contributed by atoms with Crippen molar-refractivity contribution in [1.29, 1.82) is 0 Å². The summed E-state index contributed by atoms with van der Waals surface area (Å²) in [6.45, 7) is -0.568. The number of rotatable bonds is 6. The molecule has 19 heavy (non-hydrogen) atoms. The molecule has 0 aliphatic rings. The number of aliphatic hydroxyl groups is 1. The lowest BCUT2D eigenvalue weighted by Gasteiger charge is -2.14. The highest BCUT2D eigenvalue weighted by molar-refractivity contribution is 5.29. The largest absolute Gasteiger partial charge is 0.487 e. The van der Waals surface area contributed by atoms with Gasteiger partial charge in [0.25, 0.3) is 0 Å². The summed E-state index contributed by atoms with van der Waals surface area (Å²) in [7, 11) is 1.54. The third kappa shape index (κ3) is 3.32. The second kappa shape index (κ2) is 6.67. The van der Waals surface area contributed by atoms with Crippen molar-refractivity contribution in [2.24, 2.45) is 0 Å². The molecule has 108 valence electrons. The number of hydrogen-bond acceptors (Lipinski definition) is 3. The van der Waals surface area contributed by atoms with Crippen molar-refractivity contribution in [1.82, 2.24) is 5.32 Å². The Hall–Kier alpha value is -1.41. The summed E-state index contributed by atoms with van der Waals surface area (Å²) in [5, 5.41) is 11.5. The van der Waals surface area contributed by atoms with Crippen molar-refractivity contribution in [3.8, 4) is 5.75 Å². The third-order valence-electron chi connectivity index (χ3n) is 2.51. The lowest BCUT2D eigenvalue weighted by molar-refractivity contribution is 0.203. The molecule has 0 aliphatic carbocycles. The van der Waals surface area contributed by atoms with E-state index >= 15 is 0 Å². The van der Waals surface area contributed by atoms with E-state index in [2.05, 4.69) is 10.1 Å². The molecule has 3 nitrogen and oxygen atoms in total. The molecule has 0 saturated carbocycles. The molecule has 8 heteroatoms. The Labute approximate surface area is 106 Å². The third-order valence-corrected chi connectivity index (χ3v) is 2.51. The van der Waals surface area contributed by atoms with Crippen molar-refractivity contribution < 1.29 is 31.8 Å². The van der Waals surface area contributed by atoms with Crippen LogP contribution in [0.4, 0.5) is 22.0 Å². The Balaban J connectivity index is 2.85. The van der Waals surface area contributed by atoms with Gasteiger partial charge in [-0.1, -0.05) is 0 Å². The van der Waals surface area contributed by atoms with Crippen LogP contribution in [0.3, 0.4) is 0 Å². The van der Waals surface area contributed by atoms with Gasteiger partial charge in [0.1, 0.15) is 0 Å². The number of benzene rings is 1. The van der Waals surface area contributed by atoms with E-state index in [0.29, 0.717) is 0 Å². The summed E-state index contributed by atoms with van der Waals surface area (Å²) in [6.07, 6.45) is 0.131. The molecule has 0 aliphatic heterocycles. The zero-order valence-electron chi connectivity index (χ0n) is 9.94. The van der Waals surface area contributed by atoms with E-state index in [4.69, 9.17) is 5.11 Å². The fourth-order valence-electron chi connectivity index (χ4n) is 1.34. The summed E-state index contributed by atoms with van der Waals surface area (Å²) in [5.41, 5.74) is 0. The second-order valence-electron chi connectivity index (χ2n) is 3.70. The Morgan fingerprint density at radius 3 is 1.89 bits per heavy atom. The van der Waals surface area contributed by atoms with Gasteiger partial charge in [-0.2, -0.15) is 8.78 Å². The first-order chi connectivity index (χ1) is 8.93. The van der Waals surface area contributed by atoms with Crippen molar-refractivity contribution in [3.05, 3.63) is 29.1 Å². The highest BCUT2D eigenvalue weighted by Crippen LogP contribution is 2.29. The van der Waals surface area contributed by atoms with Crippen LogP contribution >= 0.6 is 0 Å². The molecule has 0 amide bonds.